The number of rotatable bonds is 6. The van der Waals surface area contributed by atoms with Gasteiger partial charge in [0.2, 0.25) is 5.91 Å². The monoisotopic (exact) mass is 592 g/mol. The number of amides is 1. The number of hydrogen-bond donors (Lipinski definition) is 1. The van der Waals surface area contributed by atoms with Crippen LogP contribution in [0.4, 0.5) is 18.9 Å². The molecule has 0 radical (unpaired) electrons. The number of nitrogens with zero attached hydrogens (tertiary/aromatic N) is 3. The molecule has 190 valence electrons. The van der Waals surface area contributed by atoms with Crippen molar-refractivity contribution in [1.29, 1.82) is 0 Å². The topological polar surface area (TPSA) is 89.2 Å². The van der Waals surface area contributed by atoms with Crippen molar-refractivity contribution in [2.75, 3.05) is 11.4 Å². The average Bonchev–Trinajstić information content (AvgIpc) is 3.65. The van der Waals surface area contributed by atoms with Crippen LogP contribution in [-0.4, -0.2) is 34.7 Å². The summed E-state index contributed by atoms with van der Waals surface area (Å²) in [7, 11) is 0. The number of hydrogen-bond acceptors (Lipinski definition) is 5. The van der Waals surface area contributed by atoms with Crippen molar-refractivity contribution >= 4 is 33.8 Å². The van der Waals surface area contributed by atoms with E-state index in [9.17, 15) is 22.8 Å². The van der Waals surface area contributed by atoms with Crippen molar-refractivity contribution in [2.24, 2.45) is 11.7 Å². The number of carbonyl (C=O) groups is 1. The van der Waals surface area contributed by atoms with Gasteiger partial charge in [0.25, 0.3) is 0 Å². The van der Waals surface area contributed by atoms with Gasteiger partial charge in [0.15, 0.2) is 0 Å². The first-order valence-corrected chi connectivity index (χ1v) is 12.5. The average molecular weight is 594 g/mol. The Balaban J connectivity index is 0.000000256. The summed E-state index contributed by atoms with van der Waals surface area (Å²) in [5.74, 6) is -0.155. The predicted molar refractivity (Wildman–Crippen MR) is 131 cm³/mol. The van der Waals surface area contributed by atoms with E-state index in [1.54, 1.807) is 6.29 Å². The molecule has 3 heterocycles. The van der Waals surface area contributed by atoms with E-state index in [0.29, 0.717) is 6.04 Å². The maximum absolute atomic E-state index is 12.3. The van der Waals surface area contributed by atoms with Crippen molar-refractivity contribution in [3.63, 3.8) is 0 Å². The number of aryl methyl sites for hydroxylation is 1. The van der Waals surface area contributed by atoms with Crippen LogP contribution in [0.1, 0.15) is 74.5 Å². The van der Waals surface area contributed by atoms with Gasteiger partial charge in [-0.25, -0.2) is 0 Å². The first-order valence-electron chi connectivity index (χ1n) is 11.7. The first kappa shape index (κ1) is 31.4. The summed E-state index contributed by atoms with van der Waals surface area (Å²) in [4.78, 5) is 32.2. The van der Waals surface area contributed by atoms with E-state index in [1.165, 1.54) is 5.69 Å². The molecule has 0 bridgehead atoms. The smallest absolute Gasteiger partial charge is 0.376 e. The number of anilines is 1. The Morgan fingerprint density at radius 2 is 1.97 bits per heavy atom. The van der Waals surface area contributed by atoms with Crippen LogP contribution in [0.3, 0.4) is 0 Å². The Morgan fingerprint density at radius 1 is 1.28 bits per heavy atom. The van der Waals surface area contributed by atoms with E-state index in [2.05, 4.69) is 50.7 Å². The first-order chi connectivity index (χ1) is 16.5. The molecule has 2 fully saturated rings. The van der Waals surface area contributed by atoms with E-state index < -0.39 is 11.9 Å². The zero-order chi connectivity index (χ0) is 25.8. The molecule has 1 aliphatic carbocycles. The number of alkyl halides is 3. The minimum absolute atomic E-state index is 0. The Morgan fingerprint density at radius 3 is 2.50 bits per heavy atom. The van der Waals surface area contributed by atoms with Gasteiger partial charge in [0, 0.05) is 29.2 Å². The molecule has 2 unspecified atom stereocenters. The molecule has 1 saturated carbocycles. The number of piperidine rings is 1. The van der Waals surface area contributed by atoms with Crippen LogP contribution < -0.4 is 62.0 Å². The number of pyridine rings is 2. The van der Waals surface area contributed by atoms with Crippen LogP contribution in [0.2, 0.25) is 0 Å². The Labute approximate surface area is 260 Å². The number of halogens is 4. The van der Waals surface area contributed by atoms with Crippen molar-refractivity contribution in [3.05, 3.63) is 51.5 Å². The molecular formula is C25H29BrF3KN4O2. The molecule has 0 spiro atoms. The Kier molecular flexibility index (Phi) is 12.0. The number of primary amides is 1. The van der Waals surface area contributed by atoms with Crippen LogP contribution in [0.5, 0.6) is 0 Å². The molecule has 1 saturated heterocycles. The maximum Gasteiger partial charge on any atom is 1.00 e. The Hall–Kier alpha value is -0.854. The minimum atomic E-state index is -4.45. The van der Waals surface area contributed by atoms with Crippen LogP contribution in [0, 0.1) is 5.92 Å². The molecule has 0 aromatic carbocycles. The molecule has 2 aliphatic rings. The minimum Gasteiger partial charge on any atom is -0.376 e. The standard InChI is InChI=1S/C15H22BrN3O.C10H7F3NO.K/c1-3-4-13-14(8-12(16)9-18-13)19-6-5-11(15(17)20)7-10(19)2;11-10(12,13)8-4-3-7(5-15)9(14-8)6-1-2-6;/h8-11H,3-7H2,1-2H3,(H2,17,20);3-4,6H,1-2H2;/q;-1;+1. The second-order valence-corrected chi connectivity index (χ2v) is 9.95. The van der Waals surface area contributed by atoms with Crippen LogP contribution in [0.15, 0.2) is 28.9 Å². The molecule has 36 heavy (non-hydrogen) atoms. The molecule has 2 aromatic rings. The van der Waals surface area contributed by atoms with Gasteiger partial charge in [-0.2, -0.15) is 19.2 Å². The largest absolute Gasteiger partial charge is 1.00 e. The van der Waals surface area contributed by atoms with Gasteiger partial charge in [-0.05, 0) is 54.1 Å². The molecule has 2 aromatic heterocycles. The van der Waals surface area contributed by atoms with Crippen LogP contribution in [0.25, 0.3) is 0 Å². The van der Waals surface area contributed by atoms with E-state index in [-0.39, 0.29) is 80.4 Å². The second kappa shape index (κ2) is 13.8. The maximum atomic E-state index is 12.3. The number of carbonyl (C=O) groups excluding carboxylic acids is 2. The van der Waals surface area contributed by atoms with Crippen molar-refractivity contribution in [2.45, 2.75) is 70.5 Å². The normalized spacial score (nSPS) is 19.6. The van der Waals surface area contributed by atoms with Gasteiger partial charge < -0.3 is 20.4 Å². The molecule has 2 N–H and O–H groups in total. The van der Waals surface area contributed by atoms with E-state index in [4.69, 9.17) is 5.73 Å². The quantitative estimate of drug-likeness (QED) is 0.411. The summed E-state index contributed by atoms with van der Waals surface area (Å²) in [6.07, 6.45) is 4.32. The van der Waals surface area contributed by atoms with Crippen molar-refractivity contribution < 1.29 is 74.1 Å². The summed E-state index contributed by atoms with van der Waals surface area (Å²) < 4.78 is 38.0. The van der Waals surface area contributed by atoms with Gasteiger partial charge in [-0.1, -0.05) is 37.9 Å². The number of aromatic nitrogens is 2. The Bertz CT molecular complexity index is 1070. The summed E-state index contributed by atoms with van der Waals surface area (Å²) in [6, 6.07) is 4.40. The van der Waals surface area contributed by atoms with Crippen molar-refractivity contribution in [3.8, 4) is 0 Å². The summed E-state index contributed by atoms with van der Waals surface area (Å²) in [5, 5.41) is 0. The third kappa shape index (κ3) is 8.32. The van der Waals surface area contributed by atoms with Gasteiger partial charge in [-0.15, -0.1) is 5.56 Å². The molecule has 1 amide bonds. The summed E-state index contributed by atoms with van der Waals surface area (Å²) in [6.45, 7) is 5.19. The van der Waals surface area contributed by atoms with E-state index in [0.717, 1.165) is 67.4 Å². The molecule has 6 nitrogen and oxygen atoms in total. The molecule has 1 aliphatic heterocycles. The SMILES string of the molecule is CCCc1ncc(Br)cc1N1CCC(C(N)=O)CC1C.O=[C-]c1ccc(C(F)(F)F)nc1C1CC1.[K+]. The molecule has 2 atom stereocenters. The predicted octanol–water partition coefficient (Wildman–Crippen LogP) is 2.33. The summed E-state index contributed by atoms with van der Waals surface area (Å²) >= 11 is 3.51. The fourth-order valence-electron chi connectivity index (χ4n) is 4.31. The third-order valence-electron chi connectivity index (χ3n) is 6.28. The van der Waals surface area contributed by atoms with E-state index in [1.807, 2.05) is 6.20 Å². The van der Waals surface area contributed by atoms with Crippen LogP contribution in [-0.2, 0) is 22.2 Å². The fourth-order valence-corrected chi connectivity index (χ4v) is 4.63. The van der Waals surface area contributed by atoms with Crippen molar-refractivity contribution in [1.82, 2.24) is 9.97 Å². The molecule has 11 heteroatoms. The fraction of sp³-hybridized carbons (Fsp3) is 0.520. The zero-order valence-corrected chi connectivity index (χ0v) is 25.4. The summed E-state index contributed by atoms with van der Waals surface area (Å²) in [5.41, 5.74) is 7.21. The zero-order valence-electron chi connectivity index (χ0n) is 20.7. The van der Waals surface area contributed by atoms with Gasteiger partial charge in [0.05, 0.1) is 17.7 Å². The van der Waals surface area contributed by atoms with E-state index >= 15 is 0 Å². The third-order valence-corrected chi connectivity index (χ3v) is 6.71. The molecular weight excluding hydrogens is 564 g/mol. The second-order valence-electron chi connectivity index (χ2n) is 9.04. The van der Waals surface area contributed by atoms with Gasteiger partial charge >= 0.3 is 57.6 Å². The van der Waals surface area contributed by atoms with Gasteiger partial charge in [0.1, 0.15) is 5.69 Å². The number of nitrogens with two attached hydrogens (primary N) is 1. The molecule has 4 rings (SSSR count). The van der Waals surface area contributed by atoms with Gasteiger partial charge in [-0.3, -0.25) is 9.78 Å². The van der Waals surface area contributed by atoms with Crippen LogP contribution >= 0.6 is 15.9 Å².